The molecular formula is C14H24N2O3. The topological polar surface area (TPSA) is 77.3 Å². The number of aromatic nitrogens is 1. The number of nitrogens with two attached hydrogens (primary N) is 1. The van der Waals surface area contributed by atoms with Gasteiger partial charge in [0.1, 0.15) is 0 Å². The Morgan fingerprint density at radius 2 is 2.11 bits per heavy atom. The molecule has 0 aromatic carbocycles. The van der Waals surface area contributed by atoms with Crippen molar-refractivity contribution in [1.29, 1.82) is 0 Å². The van der Waals surface area contributed by atoms with E-state index >= 15 is 0 Å². The molecule has 0 amide bonds. The summed E-state index contributed by atoms with van der Waals surface area (Å²) < 4.78 is 10.8. The molecule has 108 valence electrons. The molecule has 1 rings (SSSR count). The highest BCUT2D eigenvalue weighted by molar-refractivity contribution is 5.19. The van der Waals surface area contributed by atoms with E-state index in [0.29, 0.717) is 25.6 Å². The smallest absolute Gasteiger partial charge is 0.223 e. The second-order valence-corrected chi connectivity index (χ2v) is 4.44. The molecule has 5 heteroatoms. The minimum absolute atomic E-state index is 0.103. The molecule has 19 heavy (non-hydrogen) atoms. The number of nitrogens with one attached hydrogen (secondary N) is 1. The Morgan fingerprint density at radius 1 is 1.26 bits per heavy atom. The van der Waals surface area contributed by atoms with E-state index in [-0.39, 0.29) is 5.43 Å². The van der Waals surface area contributed by atoms with E-state index in [1.165, 1.54) is 6.07 Å². The molecule has 0 atom stereocenters. The summed E-state index contributed by atoms with van der Waals surface area (Å²) in [5, 5.41) is 0. The maximum atomic E-state index is 11.7. The van der Waals surface area contributed by atoms with Crippen molar-refractivity contribution in [2.24, 2.45) is 5.73 Å². The standard InChI is InChI=1S/C14H24N2O3/c1-2-7-19-14-10-16-12(9-13(14)17)11-18-8-5-3-4-6-15/h9-10H,2-8,11,15H2,1H3,(H,16,17). The molecule has 0 saturated carbocycles. The average Bonchev–Trinajstić information content (AvgIpc) is 2.42. The molecule has 0 bridgehead atoms. The van der Waals surface area contributed by atoms with E-state index in [9.17, 15) is 4.79 Å². The lowest BCUT2D eigenvalue weighted by Gasteiger charge is -2.06. The highest BCUT2D eigenvalue weighted by Crippen LogP contribution is 2.04. The Kier molecular flexibility index (Phi) is 7.93. The van der Waals surface area contributed by atoms with Gasteiger partial charge in [-0.25, -0.2) is 0 Å². The third-order valence-corrected chi connectivity index (χ3v) is 2.65. The molecule has 3 N–H and O–H groups in total. The lowest BCUT2D eigenvalue weighted by Crippen LogP contribution is -2.11. The number of aromatic amines is 1. The summed E-state index contributed by atoms with van der Waals surface area (Å²) in [6.45, 7) is 4.40. The number of hydrogen-bond acceptors (Lipinski definition) is 4. The quantitative estimate of drug-likeness (QED) is 0.634. The fraction of sp³-hybridized carbons (Fsp3) is 0.643. The first kappa shape index (κ1) is 15.7. The van der Waals surface area contributed by atoms with Crippen LogP contribution in [-0.2, 0) is 11.3 Å². The zero-order valence-corrected chi connectivity index (χ0v) is 11.6. The van der Waals surface area contributed by atoms with Gasteiger partial charge in [0.15, 0.2) is 5.75 Å². The fourth-order valence-electron chi connectivity index (χ4n) is 1.62. The summed E-state index contributed by atoms with van der Waals surface area (Å²) in [4.78, 5) is 14.7. The van der Waals surface area contributed by atoms with Crippen molar-refractivity contribution >= 4 is 0 Å². The van der Waals surface area contributed by atoms with Crippen LogP contribution in [0.3, 0.4) is 0 Å². The summed E-state index contributed by atoms with van der Waals surface area (Å²) in [5.74, 6) is 0.369. The SMILES string of the molecule is CCCOc1c[nH]c(COCCCCCN)cc1=O. The van der Waals surface area contributed by atoms with E-state index < -0.39 is 0 Å². The van der Waals surface area contributed by atoms with Gasteiger partial charge in [-0.15, -0.1) is 0 Å². The van der Waals surface area contributed by atoms with E-state index in [4.69, 9.17) is 15.2 Å². The second kappa shape index (κ2) is 9.58. The number of ether oxygens (including phenoxy) is 2. The number of hydrogen-bond donors (Lipinski definition) is 2. The fourth-order valence-corrected chi connectivity index (χ4v) is 1.62. The summed E-state index contributed by atoms with van der Waals surface area (Å²) in [6.07, 6.45) is 5.60. The van der Waals surface area contributed by atoms with E-state index in [2.05, 4.69) is 4.98 Å². The average molecular weight is 268 g/mol. The van der Waals surface area contributed by atoms with Crippen LogP contribution in [-0.4, -0.2) is 24.7 Å². The van der Waals surface area contributed by atoms with Crippen LogP contribution < -0.4 is 15.9 Å². The van der Waals surface area contributed by atoms with Crippen LogP contribution in [0.15, 0.2) is 17.1 Å². The Hall–Kier alpha value is -1.33. The zero-order valence-electron chi connectivity index (χ0n) is 11.6. The molecular weight excluding hydrogens is 244 g/mol. The van der Waals surface area contributed by atoms with Crippen LogP contribution >= 0.6 is 0 Å². The molecule has 1 aromatic rings. The molecule has 0 radical (unpaired) electrons. The first-order valence-corrected chi connectivity index (χ1v) is 6.90. The molecule has 5 nitrogen and oxygen atoms in total. The van der Waals surface area contributed by atoms with Crippen LogP contribution in [0.4, 0.5) is 0 Å². The molecule has 0 fully saturated rings. The number of H-pyrrole nitrogens is 1. The van der Waals surface area contributed by atoms with Crippen molar-refractivity contribution in [3.8, 4) is 5.75 Å². The van der Waals surface area contributed by atoms with Crippen LogP contribution in [0, 0.1) is 0 Å². The molecule has 0 saturated heterocycles. The minimum atomic E-state index is -0.103. The highest BCUT2D eigenvalue weighted by atomic mass is 16.5. The van der Waals surface area contributed by atoms with Gasteiger partial charge in [-0.05, 0) is 32.2 Å². The van der Waals surface area contributed by atoms with Gasteiger partial charge in [-0.3, -0.25) is 4.79 Å². The minimum Gasteiger partial charge on any atom is -0.488 e. The van der Waals surface area contributed by atoms with Gasteiger partial charge in [-0.2, -0.15) is 0 Å². The number of rotatable bonds is 10. The molecule has 0 aliphatic heterocycles. The normalized spacial score (nSPS) is 10.6. The first-order valence-electron chi connectivity index (χ1n) is 6.90. The van der Waals surface area contributed by atoms with Gasteiger partial charge in [0, 0.05) is 24.6 Å². The Bertz CT molecular complexity index is 404. The van der Waals surface area contributed by atoms with Gasteiger partial charge in [0.05, 0.1) is 13.2 Å². The predicted octanol–water partition coefficient (Wildman–Crippen LogP) is 1.81. The molecule has 1 heterocycles. The van der Waals surface area contributed by atoms with Crippen molar-refractivity contribution in [3.05, 3.63) is 28.2 Å². The predicted molar refractivity (Wildman–Crippen MR) is 75.4 cm³/mol. The molecule has 0 aliphatic rings. The molecule has 0 unspecified atom stereocenters. The Labute approximate surface area is 114 Å². The lowest BCUT2D eigenvalue weighted by atomic mass is 10.2. The van der Waals surface area contributed by atoms with E-state index in [1.54, 1.807) is 6.20 Å². The van der Waals surface area contributed by atoms with E-state index in [1.807, 2.05) is 6.92 Å². The van der Waals surface area contributed by atoms with Crippen LogP contribution in [0.25, 0.3) is 0 Å². The Balaban J connectivity index is 2.31. The second-order valence-electron chi connectivity index (χ2n) is 4.44. The van der Waals surface area contributed by atoms with Crippen molar-refractivity contribution in [1.82, 2.24) is 4.98 Å². The van der Waals surface area contributed by atoms with Gasteiger partial charge < -0.3 is 20.2 Å². The van der Waals surface area contributed by atoms with Gasteiger partial charge >= 0.3 is 0 Å². The summed E-state index contributed by atoms with van der Waals surface area (Å²) in [6, 6.07) is 1.53. The maximum Gasteiger partial charge on any atom is 0.223 e. The molecule has 0 spiro atoms. The largest absolute Gasteiger partial charge is 0.488 e. The Morgan fingerprint density at radius 3 is 2.79 bits per heavy atom. The zero-order chi connectivity index (χ0) is 13.9. The summed E-state index contributed by atoms with van der Waals surface area (Å²) in [5.41, 5.74) is 6.08. The number of pyridine rings is 1. The van der Waals surface area contributed by atoms with Crippen molar-refractivity contribution in [2.45, 2.75) is 39.2 Å². The highest BCUT2D eigenvalue weighted by Gasteiger charge is 2.02. The van der Waals surface area contributed by atoms with Crippen molar-refractivity contribution in [3.63, 3.8) is 0 Å². The van der Waals surface area contributed by atoms with Crippen LogP contribution in [0.1, 0.15) is 38.3 Å². The molecule has 0 aliphatic carbocycles. The third-order valence-electron chi connectivity index (χ3n) is 2.65. The van der Waals surface area contributed by atoms with Crippen molar-refractivity contribution in [2.75, 3.05) is 19.8 Å². The summed E-state index contributed by atoms with van der Waals surface area (Å²) in [7, 11) is 0. The number of unbranched alkanes of at least 4 members (excludes halogenated alkanes) is 2. The summed E-state index contributed by atoms with van der Waals surface area (Å²) >= 11 is 0. The monoisotopic (exact) mass is 268 g/mol. The maximum absolute atomic E-state index is 11.7. The first-order chi connectivity index (χ1) is 9.27. The van der Waals surface area contributed by atoms with Gasteiger partial charge in [0.25, 0.3) is 0 Å². The molecule has 1 aromatic heterocycles. The third kappa shape index (κ3) is 6.40. The lowest BCUT2D eigenvalue weighted by molar-refractivity contribution is 0.114. The van der Waals surface area contributed by atoms with Gasteiger partial charge in [-0.1, -0.05) is 6.92 Å². The van der Waals surface area contributed by atoms with Crippen LogP contribution in [0.2, 0.25) is 0 Å². The van der Waals surface area contributed by atoms with Gasteiger partial charge in [0.2, 0.25) is 5.43 Å². The van der Waals surface area contributed by atoms with E-state index in [0.717, 1.165) is 37.9 Å². The van der Waals surface area contributed by atoms with Crippen molar-refractivity contribution < 1.29 is 9.47 Å². The van der Waals surface area contributed by atoms with Crippen LogP contribution in [0.5, 0.6) is 5.75 Å².